The molecule has 1 atom stereocenters. The first kappa shape index (κ1) is 13.5. The molecule has 3 nitrogen and oxygen atoms in total. The number of carbonyl (C=O) groups excluding carboxylic acids is 1. The van der Waals surface area contributed by atoms with Gasteiger partial charge in [0.15, 0.2) is 0 Å². The minimum absolute atomic E-state index is 0.0840. The summed E-state index contributed by atoms with van der Waals surface area (Å²) in [6.45, 7) is 11.4. The zero-order valence-corrected chi connectivity index (χ0v) is 11.2. The molecule has 94 valence electrons. The molecular formula is C13H25NO2. The topological polar surface area (TPSA) is 38.3 Å². The summed E-state index contributed by atoms with van der Waals surface area (Å²) in [6.07, 6.45) is 2.85. The van der Waals surface area contributed by atoms with Gasteiger partial charge in [0.25, 0.3) is 0 Å². The highest BCUT2D eigenvalue weighted by atomic mass is 16.6. The molecule has 1 N–H and O–H groups in total. The van der Waals surface area contributed by atoms with Crippen molar-refractivity contribution in [3.05, 3.63) is 0 Å². The van der Waals surface area contributed by atoms with E-state index in [1.165, 1.54) is 0 Å². The normalized spacial score (nSPS) is 22.2. The van der Waals surface area contributed by atoms with Gasteiger partial charge in [0.05, 0.1) is 0 Å². The fraction of sp³-hybridized carbons (Fsp3) is 0.923. The first-order valence-electron chi connectivity index (χ1n) is 6.16. The minimum atomic E-state index is -0.375. The molecule has 0 aromatic heterocycles. The summed E-state index contributed by atoms with van der Waals surface area (Å²) in [6, 6.07) is -0.0840. The Balaban J connectivity index is 2.48. The van der Waals surface area contributed by atoms with Crippen LogP contribution in [0.4, 0.5) is 0 Å². The molecule has 1 aliphatic heterocycles. The van der Waals surface area contributed by atoms with Crippen LogP contribution >= 0.6 is 0 Å². The van der Waals surface area contributed by atoms with E-state index in [-0.39, 0.29) is 23.0 Å². The van der Waals surface area contributed by atoms with E-state index in [1.807, 2.05) is 13.8 Å². The summed E-state index contributed by atoms with van der Waals surface area (Å²) >= 11 is 0. The van der Waals surface area contributed by atoms with Crippen LogP contribution in [0, 0.1) is 5.41 Å². The highest BCUT2D eigenvalue weighted by Crippen LogP contribution is 2.30. The third-order valence-electron chi connectivity index (χ3n) is 2.68. The van der Waals surface area contributed by atoms with Gasteiger partial charge in [-0.2, -0.15) is 0 Å². The van der Waals surface area contributed by atoms with Gasteiger partial charge < -0.3 is 10.1 Å². The molecule has 0 aromatic carbocycles. The molecule has 1 saturated heterocycles. The van der Waals surface area contributed by atoms with Crippen molar-refractivity contribution in [2.45, 2.75) is 65.5 Å². The zero-order valence-electron chi connectivity index (χ0n) is 11.2. The fourth-order valence-corrected chi connectivity index (χ4v) is 2.54. The molecule has 0 radical (unpaired) electrons. The van der Waals surface area contributed by atoms with Gasteiger partial charge in [0.1, 0.15) is 11.6 Å². The maximum atomic E-state index is 11.9. The van der Waals surface area contributed by atoms with E-state index < -0.39 is 0 Å². The molecule has 1 unspecified atom stereocenters. The number of rotatable bonds is 3. The Morgan fingerprint density at radius 1 is 1.31 bits per heavy atom. The third-order valence-corrected chi connectivity index (χ3v) is 2.68. The van der Waals surface area contributed by atoms with E-state index in [0.29, 0.717) is 0 Å². The van der Waals surface area contributed by atoms with Crippen molar-refractivity contribution < 1.29 is 9.53 Å². The first-order chi connectivity index (χ1) is 7.20. The fourth-order valence-electron chi connectivity index (χ4n) is 2.54. The lowest BCUT2D eigenvalue weighted by molar-refractivity contribution is -0.161. The van der Waals surface area contributed by atoms with Crippen molar-refractivity contribution in [3.63, 3.8) is 0 Å². The number of hydrogen-bond acceptors (Lipinski definition) is 3. The second kappa shape index (κ2) is 4.74. The molecule has 0 aromatic rings. The summed E-state index contributed by atoms with van der Waals surface area (Å²) in [5, 5.41) is 3.17. The molecule has 0 aliphatic carbocycles. The van der Waals surface area contributed by atoms with Crippen LogP contribution in [0.25, 0.3) is 0 Å². The molecule has 3 heteroatoms. The lowest BCUT2D eigenvalue weighted by Gasteiger charge is -2.33. The van der Waals surface area contributed by atoms with Crippen molar-refractivity contribution in [1.29, 1.82) is 0 Å². The smallest absolute Gasteiger partial charge is 0.323 e. The predicted molar refractivity (Wildman–Crippen MR) is 65.3 cm³/mol. The Morgan fingerprint density at radius 2 is 1.94 bits per heavy atom. The molecule has 16 heavy (non-hydrogen) atoms. The van der Waals surface area contributed by atoms with Crippen molar-refractivity contribution in [1.82, 2.24) is 5.32 Å². The van der Waals surface area contributed by atoms with Gasteiger partial charge in [-0.25, -0.2) is 0 Å². The van der Waals surface area contributed by atoms with Crippen LogP contribution in [0.15, 0.2) is 0 Å². The lowest BCUT2D eigenvalue weighted by Crippen LogP contribution is -2.40. The van der Waals surface area contributed by atoms with Gasteiger partial charge in [-0.15, -0.1) is 0 Å². The summed E-state index contributed by atoms with van der Waals surface area (Å²) in [5.41, 5.74) is -0.202. The number of hydrogen-bond donors (Lipinski definition) is 1. The number of ether oxygens (including phenoxy) is 1. The predicted octanol–water partition coefficient (Wildman–Crippen LogP) is 2.50. The maximum absolute atomic E-state index is 11.9. The number of nitrogens with one attached hydrogen (secondary N) is 1. The largest absolute Gasteiger partial charge is 0.458 e. The molecule has 1 rings (SSSR count). The molecule has 1 aliphatic rings. The van der Waals surface area contributed by atoms with Crippen LogP contribution in [-0.2, 0) is 9.53 Å². The summed E-state index contributed by atoms with van der Waals surface area (Å²) < 4.78 is 5.60. The highest BCUT2D eigenvalue weighted by molar-refractivity contribution is 5.76. The van der Waals surface area contributed by atoms with Gasteiger partial charge in [-0.1, -0.05) is 20.8 Å². The van der Waals surface area contributed by atoms with Crippen molar-refractivity contribution in [2.75, 3.05) is 6.54 Å². The lowest BCUT2D eigenvalue weighted by atomic mass is 9.83. The van der Waals surface area contributed by atoms with E-state index in [1.54, 1.807) is 0 Å². The van der Waals surface area contributed by atoms with Crippen molar-refractivity contribution in [2.24, 2.45) is 5.41 Å². The van der Waals surface area contributed by atoms with Crippen molar-refractivity contribution in [3.8, 4) is 0 Å². The Kier molecular flexibility index (Phi) is 4.00. The van der Waals surface area contributed by atoms with E-state index in [9.17, 15) is 4.79 Å². The summed E-state index contributed by atoms with van der Waals surface area (Å²) in [5.74, 6) is -0.0910. The average Bonchev–Trinajstić information content (AvgIpc) is 2.48. The number of esters is 1. The van der Waals surface area contributed by atoms with Gasteiger partial charge in [0, 0.05) is 0 Å². The maximum Gasteiger partial charge on any atom is 0.323 e. The molecule has 0 bridgehead atoms. The van der Waals surface area contributed by atoms with Gasteiger partial charge in [-0.05, 0) is 45.1 Å². The molecule has 0 amide bonds. The monoisotopic (exact) mass is 227 g/mol. The molecule has 0 spiro atoms. The van der Waals surface area contributed by atoms with Crippen LogP contribution in [0.5, 0.6) is 0 Å². The average molecular weight is 227 g/mol. The summed E-state index contributed by atoms with van der Waals surface area (Å²) in [7, 11) is 0. The van der Waals surface area contributed by atoms with E-state index in [4.69, 9.17) is 4.74 Å². The SMILES string of the molecule is CC(C)(C)CC(C)(C)OC(=O)C1CCCN1. The Bertz CT molecular complexity index is 247. The Hall–Kier alpha value is -0.570. The zero-order chi connectivity index (χ0) is 12.4. The van der Waals surface area contributed by atoms with E-state index in [0.717, 1.165) is 25.8 Å². The molecular weight excluding hydrogens is 202 g/mol. The first-order valence-corrected chi connectivity index (χ1v) is 6.16. The van der Waals surface area contributed by atoms with Gasteiger partial charge in [0.2, 0.25) is 0 Å². The Morgan fingerprint density at radius 3 is 2.38 bits per heavy atom. The van der Waals surface area contributed by atoms with Gasteiger partial charge >= 0.3 is 5.97 Å². The minimum Gasteiger partial charge on any atom is -0.458 e. The van der Waals surface area contributed by atoms with Crippen molar-refractivity contribution >= 4 is 5.97 Å². The van der Waals surface area contributed by atoms with Crippen LogP contribution in [0.1, 0.15) is 53.9 Å². The van der Waals surface area contributed by atoms with Crippen LogP contribution in [0.2, 0.25) is 0 Å². The van der Waals surface area contributed by atoms with E-state index >= 15 is 0 Å². The summed E-state index contributed by atoms with van der Waals surface area (Å²) in [4.78, 5) is 11.9. The standard InChI is InChI=1S/C13H25NO2/c1-12(2,3)9-13(4,5)16-11(15)10-7-6-8-14-10/h10,14H,6-9H2,1-5H3. The Labute approximate surface area is 98.9 Å². The second-order valence-corrected chi connectivity index (χ2v) is 6.57. The van der Waals surface area contributed by atoms with E-state index in [2.05, 4.69) is 26.1 Å². The molecule has 0 saturated carbocycles. The second-order valence-electron chi connectivity index (χ2n) is 6.57. The van der Waals surface area contributed by atoms with Crippen LogP contribution in [-0.4, -0.2) is 24.2 Å². The third kappa shape index (κ3) is 4.52. The molecule has 1 fully saturated rings. The van der Waals surface area contributed by atoms with Crippen LogP contribution in [0.3, 0.4) is 0 Å². The molecule has 1 heterocycles. The van der Waals surface area contributed by atoms with Crippen LogP contribution < -0.4 is 5.32 Å². The number of carbonyl (C=O) groups is 1. The van der Waals surface area contributed by atoms with Gasteiger partial charge in [-0.3, -0.25) is 4.79 Å². The highest BCUT2D eigenvalue weighted by Gasteiger charge is 2.32. The quantitative estimate of drug-likeness (QED) is 0.753.